The number of carbonyl (C=O) groups excluding carboxylic acids is 1. The first-order valence-corrected chi connectivity index (χ1v) is 17.3. The van der Waals surface area contributed by atoms with E-state index in [2.05, 4.69) is 85.7 Å². The van der Waals surface area contributed by atoms with Crippen LogP contribution >= 0.6 is 0 Å². The number of piperidine rings is 1. The van der Waals surface area contributed by atoms with E-state index in [-0.39, 0.29) is 29.9 Å². The minimum atomic E-state index is -4.42. The van der Waals surface area contributed by atoms with E-state index in [0.29, 0.717) is 30.0 Å². The van der Waals surface area contributed by atoms with Crippen LogP contribution < -0.4 is 4.74 Å². The zero-order chi connectivity index (χ0) is 36.4. The van der Waals surface area contributed by atoms with Crippen molar-refractivity contribution >= 4 is 16.8 Å². The molecule has 0 radical (unpaired) electrons. The van der Waals surface area contributed by atoms with Crippen LogP contribution in [0.2, 0.25) is 0 Å². The summed E-state index contributed by atoms with van der Waals surface area (Å²) in [4.78, 5) is 17.0. The smallest absolute Gasteiger partial charge is 0.422 e. The Morgan fingerprint density at radius 2 is 1.67 bits per heavy atom. The first-order valence-electron chi connectivity index (χ1n) is 17.3. The van der Waals surface area contributed by atoms with Crippen molar-refractivity contribution in [3.63, 3.8) is 0 Å². The number of carbonyl (C=O) groups is 1. The molecular weight excluding hydrogens is 671 g/mol. The molecule has 270 valence electrons. The molecule has 0 unspecified atom stereocenters. The van der Waals surface area contributed by atoms with Crippen molar-refractivity contribution in [1.82, 2.24) is 34.5 Å². The molecule has 6 aromatic rings. The van der Waals surface area contributed by atoms with Crippen LogP contribution in [0.4, 0.5) is 13.2 Å². The topological polar surface area (TPSA) is 94.5 Å². The molecule has 10 nitrogen and oxygen atoms in total. The molecule has 0 atom stereocenters. The predicted molar refractivity (Wildman–Crippen MR) is 190 cm³/mol. The average molecular weight is 712 g/mol. The van der Waals surface area contributed by atoms with Crippen LogP contribution in [0.25, 0.3) is 22.2 Å². The molecule has 1 aliphatic heterocycles. The van der Waals surface area contributed by atoms with Crippen LogP contribution in [0.5, 0.6) is 5.75 Å². The van der Waals surface area contributed by atoms with E-state index >= 15 is 0 Å². The van der Waals surface area contributed by atoms with E-state index in [1.54, 1.807) is 39.1 Å². The van der Waals surface area contributed by atoms with E-state index < -0.39 is 12.8 Å². The number of ether oxygens (including phenoxy) is 1. The summed E-state index contributed by atoms with van der Waals surface area (Å²) in [6.07, 6.45) is -0.570. The second-order valence-corrected chi connectivity index (χ2v) is 13.5. The third-order valence-electron chi connectivity index (χ3n) is 9.51. The number of amides is 1. The second-order valence-electron chi connectivity index (χ2n) is 13.5. The number of aryl methyl sites for hydroxylation is 2. The first kappa shape index (κ1) is 35.0. The fraction of sp³-hybridized carbons (Fsp3) is 0.333. The number of benzene rings is 3. The monoisotopic (exact) mass is 711 g/mol. The Labute approximate surface area is 299 Å². The van der Waals surface area contributed by atoms with Gasteiger partial charge in [-0.1, -0.05) is 71.0 Å². The van der Waals surface area contributed by atoms with Crippen LogP contribution in [-0.4, -0.2) is 73.3 Å². The fourth-order valence-corrected chi connectivity index (χ4v) is 7.06. The number of hydrogen-bond donors (Lipinski definition) is 0. The molecule has 13 heteroatoms. The van der Waals surface area contributed by atoms with Gasteiger partial charge in [0.15, 0.2) is 18.1 Å². The summed E-state index contributed by atoms with van der Waals surface area (Å²) in [6.45, 7) is 5.06. The maximum absolute atomic E-state index is 13.2. The summed E-state index contributed by atoms with van der Waals surface area (Å²) in [7, 11) is 1.65. The lowest BCUT2D eigenvalue weighted by molar-refractivity contribution is -0.153. The second kappa shape index (κ2) is 14.7. The number of para-hydroxylation sites is 1. The summed E-state index contributed by atoms with van der Waals surface area (Å²) in [6, 6.07) is 26.4. The van der Waals surface area contributed by atoms with Crippen LogP contribution in [-0.2, 0) is 19.6 Å². The summed E-state index contributed by atoms with van der Waals surface area (Å²) in [5.74, 6) is 0.488. The van der Waals surface area contributed by atoms with Gasteiger partial charge in [0.2, 0.25) is 0 Å². The Bertz CT molecular complexity index is 2140. The highest BCUT2D eigenvalue weighted by Gasteiger charge is 2.29. The van der Waals surface area contributed by atoms with Crippen molar-refractivity contribution in [1.29, 1.82) is 0 Å². The van der Waals surface area contributed by atoms with Crippen LogP contribution in [0.3, 0.4) is 0 Å². The van der Waals surface area contributed by atoms with E-state index in [9.17, 15) is 18.0 Å². The number of fused-ring (bicyclic) bond motifs is 1. The first-order chi connectivity index (χ1) is 25.0. The molecule has 0 spiro atoms. The number of alkyl halides is 3. The van der Waals surface area contributed by atoms with Crippen LogP contribution in [0.15, 0.2) is 89.6 Å². The lowest BCUT2D eigenvalue weighted by Crippen LogP contribution is -2.34. The van der Waals surface area contributed by atoms with E-state index in [0.717, 1.165) is 54.0 Å². The van der Waals surface area contributed by atoms with Gasteiger partial charge >= 0.3 is 6.18 Å². The van der Waals surface area contributed by atoms with Crippen molar-refractivity contribution in [2.75, 3.05) is 26.7 Å². The van der Waals surface area contributed by atoms with Crippen molar-refractivity contribution in [2.45, 2.75) is 58.5 Å². The van der Waals surface area contributed by atoms with Crippen LogP contribution in [0.1, 0.15) is 57.5 Å². The minimum Gasteiger partial charge on any atom is -0.484 e. The number of hydrogen-bond acceptors (Lipinski definition) is 7. The quantitative estimate of drug-likeness (QED) is 0.137. The molecular formula is C39H40F3N7O3. The predicted octanol–water partition coefficient (Wildman–Crippen LogP) is 7.60. The molecule has 0 bridgehead atoms. The molecule has 0 aliphatic carbocycles. The summed E-state index contributed by atoms with van der Waals surface area (Å²) in [5.41, 5.74) is 6.47. The largest absolute Gasteiger partial charge is 0.484 e. The maximum Gasteiger partial charge on any atom is 0.422 e. The molecule has 1 saturated heterocycles. The van der Waals surface area contributed by atoms with Gasteiger partial charge in [0, 0.05) is 49.3 Å². The minimum absolute atomic E-state index is 0.200. The molecule has 1 amide bonds. The number of likely N-dealkylation sites (tertiary alicyclic amines) is 1. The van der Waals surface area contributed by atoms with Crippen LogP contribution in [0, 0.1) is 13.8 Å². The van der Waals surface area contributed by atoms with Gasteiger partial charge in [0.1, 0.15) is 11.4 Å². The standard InChI is InChI=1S/C39H40F3N7O3/c1-26-17-28(18-27(2)37(26)51-25-39(40,41)42)21-46(3)38(50)34-20-33(52-44-34)24-47-15-13-32(14-16-47)49-23-31(43-45-49)22-48-35-12-8-7-11-30(35)19-36(48)29-9-5-4-6-10-29/h4-12,17-20,23,32H,13-16,21-22,24-25H2,1-3H3. The Balaban J connectivity index is 0.926. The normalized spacial score (nSPS) is 14.3. The van der Waals surface area contributed by atoms with E-state index in [1.807, 2.05) is 10.7 Å². The van der Waals surface area contributed by atoms with Gasteiger partial charge in [-0.05, 0) is 61.1 Å². The van der Waals surface area contributed by atoms with Gasteiger partial charge in [-0.3, -0.25) is 9.69 Å². The number of halogens is 3. The van der Waals surface area contributed by atoms with Gasteiger partial charge in [0.05, 0.1) is 25.3 Å². The summed E-state index contributed by atoms with van der Waals surface area (Å²) < 4.78 is 52.8. The molecule has 1 fully saturated rings. The van der Waals surface area contributed by atoms with Gasteiger partial charge in [-0.15, -0.1) is 5.10 Å². The Morgan fingerprint density at radius 1 is 0.962 bits per heavy atom. The van der Waals surface area contributed by atoms with Crippen molar-refractivity contribution in [3.05, 3.63) is 119 Å². The molecule has 7 rings (SSSR count). The molecule has 1 aliphatic rings. The summed E-state index contributed by atoms with van der Waals surface area (Å²) in [5, 5.41) is 14.3. The molecule has 52 heavy (non-hydrogen) atoms. The Morgan fingerprint density at radius 3 is 2.40 bits per heavy atom. The highest BCUT2D eigenvalue weighted by Crippen LogP contribution is 2.31. The lowest BCUT2D eigenvalue weighted by atomic mass is 10.0. The lowest BCUT2D eigenvalue weighted by Gasteiger charge is -2.30. The van der Waals surface area contributed by atoms with Gasteiger partial charge in [-0.2, -0.15) is 13.2 Å². The van der Waals surface area contributed by atoms with E-state index in [1.165, 1.54) is 10.3 Å². The summed E-state index contributed by atoms with van der Waals surface area (Å²) >= 11 is 0. The zero-order valence-corrected chi connectivity index (χ0v) is 29.3. The third-order valence-corrected chi connectivity index (χ3v) is 9.51. The molecule has 0 saturated carbocycles. The molecule has 3 aromatic carbocycles. The van der Waals surface area contributed by atoms with Gasteiger partial charge in [-0.25, -0.2) is 4.68 Å². The maximum atomic E-state index is 13.2. The van der Waals surface area contributed by atoms with E-state index in [4.69, 9.17) is 9.26 Å². The third kappa shape index (κ3) is 7.89. The fourth-order valence-electron chi connectivity index (χ4n) is 7.06. The highest BCUT2D eigenvalue weighted by atomic mass is 19.4. The van der Waals surface area contributed by atoms with Gasteiger partial charge < -0.3 is 18.7 Å². The Hall–Kier alpha value is -5.43. The molecule has 3 aromatic heterocycles. The SMILES string of the molecule is Cc1cc(CN(C)C(=O)c2cc(CN3CCC(n4cc(Cn5c(-c6ccccc6)cc6ccccc65)nn4)CC3)on2)cc(C)c1OCC(F)(F)F. The Kier molecular flexibility index (Phi) is 9.87. The zero-order valence-electron chi connectivity index (χ0n) is 29.3. The van der Waals surface area contributed by atoms with Crippen molar-refractivity contribution in [2.24, 2.45) is 0 Å². The van der Waals surface area contributed by atoms with Crippen molar-refractivity contribution < 1.29 is 27.2 Å². The average Bonchev–Trinajstić information content (AvgIpc) is 3.88. The van der Waals surface area contributed by atoms with Crippen molar-refractivity contribution in [3.8, 4) is 17.0 Å². The number of rotatable bonds is 11. The molecule has 4 heterocycles. The highest BCUT2D eigenvalue weighted by molar-refractivity contribution is 5.92. The number of aromatic nitrogens is 5. The molecule has 0 N–H and O–H groups in total. The van der Waals surface area contributed by atoms with Gasteiger partial charge in [0.25, 0.3) is 5.91 Å². The number of nitrogens with zero attached hydrogens (tertiary/aromatic N) is 7.